The van der Waals surface area contributed by atoms with Crippen molar-refractivity contribution in [2.24, 2.45) is 11.8 Å². The molecule has 3 rings (SSSR count). The molecule has 0 aromatic rings. The lowest BCUT2D eigenvalue weighted by molar-refractivity contribution is -0.149. The van der Waals surface area contributed by atoms with E-state index >= 15 is 0 Å². The van der Waals surface area contributed by atoms with Crippen LogP contribution in [0.5, 0.6) is 0 Å². The average Bonchev–Trinajstić information content (AvgIpc) is 3.46. The molecule has 0 aliphatic carbocycles. The van der Waals surface area contributed by atoms with E-state index < -0.39 is 23.5 Å². The van der Waals surface area contributed by atoms with Gasteiger partial charge in [0.25, 0.3) is 0 Å². The predicted molar refractivity (Wildman–Crippen MR) is 130 cm³/mol. The third-order valence-electron chi connectivity index (χ3n) is 7.51. The lowest BCUT2D eigenvalue weighted by atomic mass is 9.70. The van der Waals surface area contributed by atoms with Crippen LogP contribution in [0.3, 0.4) is 0 Å². The maximum Gasteiger partial charge on any atom is 0.248 e. The van der Waals surface area contributed by atoms with E-state index in [1.165, 1.54) is 4.90 Å². The zero-order valence-corrected chi connectivity index (χ0v) is 20.8. The van der Waals surface area contributed by atoms with E-state index in [1.54, 1.807) is 22.0 Å². The summed E-state index contributed by atoms with van der Waals surface area (Å²) in [5.74, 6) is -1.85. The van der Waals surface area contributed by atoms with E-state index in [-0.39, 0.29) is 37.0 Å². The number of ether oxygens (including phenoxy) is 1. The summed E-state index contributed by atoms with van der Waals surface area (Å²) in [6.45, 7) is 13.4. The molecule has 190 valence electrons. The number of hydrogen-bond acceptors (Lipinski definition) is 5. The van der Waals surface area contributed by atoms with Gasteiger partial charge < -0.3 is 24.5 Å². The molecular weight excluding hydrogens is 434 g/mol. The SMILES string of the molecule is C=CCN(CCCCC)C(=O)C1N(CCO)C(=O)[C@@H]2[C@H](C(=O)N(CC=C)CCC)[C@@H]3CCC12O3. The first-order chi connectivity index (χ1) is 16.4. The summed E-state index contributed by atoms with van der Waals surface area (Å²) in [6.07, 6.45) is 7.93. The Kier molecular flexibility index (Phi) is 8.93. The molecule has 3 fully saturated rings. The molecule has 0 saturated carbocycles. The third kappa shape index (κ3) is 4.54. The molecule has 0 aromatic heterocycles. The van der Waals surface area contributed by atoms with Gasteiger partial charge in [0.15, 0.2) is 0 Å². The van der Waals surface area contributed by atoms with Crippen LogP contribution in [0.1, 0.15) is 52.4 Å². The van der Waals surface area contributed by atoms with Gasteiger partial charge in [0.1, 0.15) is 11.6 Å². The summed E-state index contributed by atoms with van der Waals surface area (Å²) >= 11 is 0. The summed E-state index contributed by atoms with van der Waals surface area (Å²) in [7, 11) is 0. The lowest BCUT2D eigenvalue weighted by Gasteiger charge is -2.36. The minimum atomic E-state index is -1.02. The Bertz CT molecular complexity index is 786. The van der Waals surface area contributed by atoms with Gasteiger partial charge in [-0.3, -0.25) is 14.4 Å². The van der Waals surface area contributed by atoms with Gasteiger partial charge in [0.2, 0.25) is 17.7 Å². The molecule has 1 N–H and O–H groups in total. The highest BCUT2D eigenvalue weighted by Gasteiger charge is 2.74. The first-order valence-electron chi connectivity index (χ1n) is 12.8. The van der Waals surface area contributed by atoms with Crippen LogP contribution in [0, 0.1) is 11.8 Å². The molecule has 5 atom stereocenters. The van der Waals surface area contributed by atoms with Crippen LogP contribution < -0.4 is 0 Å². The summed E-state index contributed by atoms with van der Waals surface area (Å²) in [5.41, 5.74) is -1.02. The Balaban J connectivity index is 1.96. The van der Waals surface area contributed by atoms with Crippen molar-refractivity contribution in [3.63, 3.8) is 0 Å². The lowest BCUT2D eigenvalue weighted by Crippen LogP contribution is -2.56. The van der Waals surface area contributed by atoms with Crippen molar-refractivity contribution >= 4 is 17.7 Å². The molecule has 3 heterocycles. The number of amides is 3. The quantitative estimate of drug-likeness (QED) is 0.307. The molecule has 3 aliphatic heterocycles. The highest BCUT2D eigenvalue weighted by atomic mass is 16.5. The van der Waals surface area contributed by atoms with E-state index in [9.17, 15) is 19.5 Å². The summed E-state index contributed by atoms with van der Waals surface area (Å²) < 4.78 is 6.47. The van der Waals surface area contributed by atoms with E-state index in [0.717, 1.165) is 25.7 Å². The molecule has 0 radical (unpaired) electrons. The van der Waals surface area contributed by atoms with Crippen LogP contribution in [0.15, 0.2) is 25.3 Å². The number of likely N-dealkylation sites (tertiary alicyclic amines) is 1. The van der Waals surface area contributed by atoms with Gasteiger partial charge in [0.05, 0.1) is 24.5 Å². The largest absolute Gasteiger partial charge is 0.395 e. The number of rotatable bonds is 14. The zero-order chi connectivity index (χ0) is 24.9. The van der Waals surface area contributed by atoms with Crippen LogP contribution in [-0.4, -0.2) is 94.6 Å². The molecule has 3 aliphatic rings. The summed E-state index contributed by atoms with van der Waals surface area (Å²) in [5, 5.41) is 9.73. The average molecular weight is 476 g/mol. The highest BCUT2D eigenvalue weighted by molar-refractivity contribution is 5.99. The minimum Gasteiger partial charge on any atom is -0.395 e. The molecular formula is C26H41N3O5. The van der Waals surface area contributed by atoms with Crippen LogP contribution >= 0.6 is 0 Å². The number of aliphatic hydroxyl groups excluding tert-OH is 1. The van der Waals surface area contributed by atoms with Crippen molar-refractivity contribution < 1.29 is 24.2 Å². The van der Waals surface area contributed by atoms with Gasteiger partial charge in [-0.15, -0.1) is 13.2 Å². The Morgan fingerprint density at radius 1 is 1.12 bits per heavy atom. The van der Waals surface area contributed by atoms with Crippen LogP contribution in [0.25, 0.3) is 0 Å². The highest BCUT2D eigenvalue weighted by Crippen LogP contribution is 2.58. The van der Waals surface area contributed by atoms with Gasteiger partial charge in [-0.05, 0) is 25.7 Å². The fourth-order valence-electron chi connectivity index (χ4n) is 6.16. The zero-order valence-electron chi connectivity index (χ0n) is 20.8. The monoisotopic (exact) mass is 475 g/mol. The van der Waals surface area contributed by atoms with Crippen LogP contribution in [0.2, 0.25) is 0 Å². The first kappa shape index (κ1) is 26.4. The molecule has 0 aromatic carbocycles. The van der Waals surface area contributed by atoms with Gasteiger partial charge in [-0.1, -0.05) is 38.8 Å². The molecule has 2 unspecified atom stereocenters. The van der Waals surface area contributed by atoms with E-state index in [2.05, 4.69) is 20.1 Å². The van der Waals surface area contributed by atoms with E-state index in [1.807, 2.05) is 6.92 Å². The molecule has 34 heavy (non-hydrogen) atoms. The molecule has 2 bridgehead atoms. The molecule has 8 heteroatoms. The normalized spacial score (nSPS) is 29.3. The number of β-amino-alcohol motifs (C(OH)–C–C–N with tert-alkyl or cyclic N) is 1. The Morgan fingerprint density at radius 3 is 2.38 bits per heavy atom. The van der Waals surface area contributed by atoms with Crippen LogP contribution in [-0.2, 0) is 19.1 Å². The van der Waals surface area contributed by atoms with Gasteiger partial charge in [0, 0.05) is 32.7 Å². The van der Waals surface area contributed by atoms with Crippen molar-refractivity contribution in [2.75, 3.05) is 39.3 Å². The number of nitrogens with zero attached hydrogens (tertiary/aromatic N) is 3. The number of carbonyl (C=O) groups excluding carboxylic acids is 3. The molecule has 1 spiro atoms. The minimum absolute atomic E-state index is 0.0463. The Morgan fingerprint density at radius 2 is 1.79 bits per heavy atom. The molecule has 3 saturated heterocycles. The van der Waals surface area contributed by atoms with Crippen molar-refractivity contribution in [1.29, 1.82) is 0 Å². The van der Waals surface area contributed by atoms with E-state index in [4.69, 9.17) is 4.74 Å². The second-order valence-electron chi connectivity index (χ2n) is 9.66. The number of carbonyl (C=O) groups is 3. The number of fused-ring (bicyclic) bond motifs is 1. The van der Waals surface area contributed by atoms with Crippen molar-refractivity contribution in [3.05, 3.63) is 25.3 Å². The Hall–Kier alpha value is -2.19. The fraction of sp³-hybridized carbons (Fsp3) is 0.731. The standard InChI is InChI=1S/C26H41N3O5/c1-5-9-10-16-28(15-8-4)25(33)22-26-12-11-19(34-26)20(21(26)24(32)29(22)17-18-30)23(31)27(13-6-2)14-7-3/h6,8,19-22,30H,2,4-5,7,9-18H2,1,3H3/t19-,20+,21-,22?,26?/m0/s1. The summed E-state index contributed by atoms with van der Waals surface area (Å²) in [6, 6.07) is -0.833. The van der Waals surface area contributed by atoms with Gasteiger partial charge in [-0.2, -0.15) is 0 Å². The first-order valence-corrected chi connectivity index (χ1v) is 12.8. The maximum absolute atomic E-state index is 13.9. The van der Waals surface area contributed by atoms with E-state index in [0.29, 0.717) is 39.0 Å². The van der Waals surface area contributed by atoms with Gasteiger partial charge >= 0.3 is 0 Å². The Labute approximate surface area is 203 Å². The van der Waals surface area contributed by atoms with Crippen molar-refractivity contribution in [2.45, 2.75) is 70.1 Å². The second-order valence-corrected chi connectivity index (χ2v) is 9.66. The van der Waals surface area contributed by atoms with Crippen molar-refractivity contribution in [3.8, 4) is 0 Å². The topological polar surface area (TPSA) is 90.4 Å². The van der Waals surface area contributed by atoms with Crippen LogP contribution in [0.4, 0.5) is 0 Å². The third-order valence-corrected chi connectivity index (χ3v) is 7.51. The fourth-order valence-corrected chi connectivity index (χ4v) is 6.16. The molecule has 8 nitrogen and oxygen atoms in total. The summed E-state index contributed by atoms with van der Waals surface area (Å²) in [4.78, 5) is 46.2. The maximum atomic E-state index is 13.9. The van der Waals surface area contributed by atoms with Crippen molar-refractivity contribution in [1.82, 2.24) is 14.7 Å². The number of aliphatic hydroxyl groups is 1. The smallest absolute Gasteiger partial charge is 0.248 e. The molecule has 3 amide bonds. The predicted octanol–water partition coefficient (Wildman–Crippen LogP) is 1.98. The number of unbranched alkanes of at least 4 members (excludes halogenated alkanes) is 2. The number of hydrogen-bond donors (Lipinski definition) is 1. The van der Waals surface area contributed by atoms with Gasteiger partial charge in [-0.25, -0.2) is 0 Å². The second kappa shape index (κ2) is 11.5.